The Hall–Kier alpha value is -2.76. The third-order valence-electron chi connectivity index (χ3n) is 5.58. The van der Waals surface area contributed by atoms with Crippen LogP contribution in [-0.2, 0) is 0 Å². The number of rotatable bonds is 4. The van der Waals surface area contributed by atoms with Crippen molar-refractivity contribution >= 4 is 17.5 Å². The molecule has 0 amide bonds. The Morgan fingerprint density at radius 1 is 1.11 bits per heavy atom. The van der Waals surface area contributed by atoms with Gasteiger partial charge < -0.3 is 10.2 Å². The van der Waals surface area contributed by atoms with E-state index in [1.165, 1.54) is 24.5 Å². The number of hydrogen-bond acceptors (Lipinski definition) is 5. The standard InChI is InChI=1S/C21H22FN5/c22-17-5-2-1-4-16(17)18-6-3-9-27(18)21-11-20(24-13-25-21)26-19-10-15(12-23-19)14-7-8-14/h1-2,4-5,10-11,13-14,18H,3,6-9,12H2,(H,23,24,25,26). The number of benzene rings is 1. The Bertz CT molecular complexity index is 918. The summed E-state index contributed by atoms with van der Waals surface area (Å²) >= 11 is 0. The molecule has 0 radical (unpaired) electrons. The van der Waals surface area contributed by atoms with Gasteiger partial charge in [-0.1, -0.05) is 18.2 Å². The first kappa shape index (κ1) is 16.4. The summed E-state index contributed by atoms with van der Waals surface area (Å²) in [6.45, 7) is 1.66. The summed E-state index contributed by atoms with van der Waals surface area (Å²) in [5, 5.41) is 3.31. The van der Waals surface area contributed by atoms with E-state index in [-0.39, 0.29) is 11.9 Å². The van der Waals surface area contributed by atoms with E-state index in [2.05, 4.69) is 31.3 Å². The van der Waals surface area contributed by atoms with Gasteiger partial charge in [-0.2, -0.15) is 0 Å². The van der Waals surface area contributed by atoms with Crippen LogP contribution in [0.3, 0.4) is 0 Å². The molecule has 1 N–H and O–H groups in total. The quantitative estimate of drug-likeness (QED) is 0.888. The molecule has 1 saturated carbocycles. The number of anilines is 2. The molecule has 138 valence electrons. The highest BCUT2D eigenvalue weighted by Crippen LogP contribution is 2.38. The third kappa shape index (κ3) is 3.31. The topological polar surface area (TPSA) is 53.4 Å². The van der Waals surface area contributed by atoms with Crippen LogP contribution >= 0.6 is 0 Å². The molecule has 0 spiro atoms. The van der Waals surface area contributed by atoms with Gasteiger partial charge in [-0.05, 0) is 49.3 Å². The van der Waals surface area contributed by atoms with E-state index in [1.807, 2.05) is 18.2 Å². The predicted octanol–water partition coefficient (Wildman–Crippen LogP) is 4.12. The first-order valence-electron chi connectivity index (χ1n) is 9.63. The van der Waals surface area contributed by atoms with Gasteiger partial charge in [0.15, 0.2) is 0 Å². The van der Waals surface area contributed by atoms with Crippen LogP contribution in [0.2, 0.25) is 0 Å². The molecule has 1 unspecified atom stereocenters. The van der Waals surface area contributed by atoms with Gasteiger partial charge in [0.25, 0.3) is 0 Å². The Balaban J connectivity index is 1.36. The third-order valence-corrected chi connectivity index (χ3v) is 5.58. The van der Waals surface area contributed by atoms with Crippen LogP contribution in [-0.4, -0.2) is 28.9 Å². The van der Waals surface area contributed by atoms with Gasteiger partial charge in [0.05, 0.1) is 12.6 Å². The molecular weight excluding hydrogens is 341 g/mol. The molecule has 1 saturated heterocycles. The molecule has 2 aliphatic heterocycles. The molecule has 2 fully saturated rings. The monoisotopic (exact) mass is 363 g/mol. The van der Waals surface area contributed by atoms with Crippen LogP contribution in [0.4, 0.5) is 16.0 Å². The number of halogens is 1. The zero-order chi connectivity index (χ0) is 18.2. The minimum absolute atomic E-state index is 0.0131. The van der Waals surface area contributed by atoms with Crippen LogP contribution < -0.4 is 10.2 Å². The van der Waals surface area contributed by atoms with Crippen LogP contribution in [0, 0.1) is 11.7 Å². The summed E-state index contributed by atoms with van der Waals surface area (Å²) in [6.07, 6.45) is 8.24. The smallest absolute Gasteiger partial charge is 0.137 e. The highest BCUT2D eigenvalue weighted by Gasteiger charge is 2.30. The van der Waals surface area contributed by atoms with E-state index in [1.54, 1.807) is 12.4 Å². The molecule has 6 heteroatoms. The number of nitrogens with zero attached hydrogens (tertiary/aromatic N) is 4. The lowest BCUT2D eigenvalue weighted by molar-refractivity contribution is 0.579. The average molecular weight is 363 g/mol. The highest BCUT2D eigenvalue weighted by atomic mass is 19.1. The number of aliphatic imine (C=N–C) groups is 1. The van der Waals surface area contributed by atoms with Crippen molar-refractivity contribution in [3.8, 4) is 0 Å². The van der Waals surface area contributed by atoms with Gasteiger partial charge in [0, 0.05) is 18.2 Å². The number of aromatic nitrogens is 2. The average Bonchev–Trinajstić information content (AvgIpc) is 3.23. The fourth-order valence-electron chi connectivity index (χ4n) is 4.03. The second-order valence-electron chi connectivity index (χ2n) is 7.45. The van der Waals surface area contributed by atoms with Crippen molar-refractivity contribution < 1.29 is 4.39 Å². The second kappa shape index (κ2) is 6.76. The van der Waals surface area contributed by atoms with E-state index in [0.29, 0.717) is 0 Å². The lowest BCUT2D eigenvalue weighted by Gasteiger charge is -2.26. The van der Waals surface area contributed by atoms with Gasteiger partial charge in [-0.25, -0.2) is 14.4 Å². The van der Waals surface area contributed by atoms with Crippen molar-refractivity contribution in [2.45, 2.75) is 31.7 Å². The van der Waals surface area contributed by atoms with Crippen molar-refractivity contribution in [2.75, 3.05) is 23.3 Å². The van der Waals surface area contributed by atoms with E-state index < -0.39 is 0 Å². The summed E-state index contributed by atoms with van der Waals surface area (Å²) < 4.78 is 14.3. The molecule has 3 aliphatic rings. The molecular formula is C21H22FN5. The molecule has 1 aromatic carbocycles. The summed E-state index contributed by atoms with van der Waals surface area (Å²) in [5.41, 5.74) is 2.16. The fourth-order valence-corrected chi connectivity index (χ4v) is 4.03. The Labute approximate surface area is 158 Å². The van der Waals surface area contributed by atoms with Crippen LogP contribution in [0.1, 0.15) is 37.3 Å². The first-order chi connectivity index (χ1) is 13.3. The normalized spacial score (nSPS) is 22.0. The van der Waals surface area contributed by atoms with E-state index in [0.717, 1.165) is 54.9 Å². The molecule has 1 aromatic heterocycles. The van der Waals surface area contributed by atoms with Crippen LogP contribution in [0.5, 0.6) is 0 Å². The Morgan fingerprint density at radius 2 is 2.00 bits per heavy atom. The Kier molecular flexibility index (Phi) is 4.11. The van der Waals surface area contributed by atoms with Crippen LogP contribution in [0.25, 0.3) is 0 Å². The first-order valence-corrected chi connectivity index (χ1v) is 9.63. The number of amidine groups is 1. The maximum atomic E-state index is 14.3. The SMILES string of the molecule is Fc1ccccc1C1CCCN1c1cc(NC2=NCC(C3CC3)=C2)ncn1. The molecule has 27 heavy (non-hydrogen) atoms. The number of hydrogen-bond donors (Lipinski definition) is 1. The number of nitrogens with one attached hydrogen (secondary N) is 1. The van der Waals surface area contributed by atoms with Gasteiger partial charge in [0.2, 0.25) is 0 Å². The summed E-state index contributed by atoms with van der Waals surface area (Å²) in [6, 6.07) is 8.97. The fraction of sp³-hybridized carbons (Fsp3) is 0.381. The molecule has 1 aliphatic carbocycles. The second-order valence-corrected chi connectivity index (χ2v) is 7.45. The zero-order valence-electron chi connectivity index (χ0n) is 15.1. The van der Waals surface area contributed by atoms with Gasteiger partial charge in [-0.3, -0.25) is 4.99 Å². The minimum atomic E-state index is -0.153. The zero-order valence-corrected chi connectivity index (χ0v) is 15.1. The summed E-state index contributed by atoms with van der Waals surface area (Å²) in [4.78, 5) is 15.5. The van der Waals surface area contributed by atoms with Gasteiger partial charge >= 0.3 is 0 Å². The summed E-state index contributed by atoms with van der Waals surface area (Å²) in [5.74, 6) is 3.00. The van der Waals surface area contributed by atoms with Crippen molar-refractivity contribution in [3.63, 3.8) is 0 Å². The van der Waals surface area contributed by atoms with E-state index in [4.69, 9.17) is 0 Å². The summed E-state index contributed by atoms with van der Waals surface area (Å²) in [7, 11) is 0. The van der Waals surface area contributed by atoms with Gasteiger partial charge in [0.1, 0.15) is 29.6 Å². The van der Waals surface area contributed by atoms with E-state index in [9.17, 15) is 4.39 Å². The molecule has 0 bridgehead atoms. The van der Waals surface area contributed by atoms with Crippen molar-refractivity contribution in [1.29, 1.82) is 0 Å². The Morgan fingerprint density at radius 3 is 2.85 bits per heavy atom. The van der Waals surface area contributed by atoms with Crippen molar-refractivity contribution in [3.05, 3.63) is 59.7 Å². The van der Waals surface area contributed by atoms with Gasteiger partial charge in [-0.15, -0.1) is 0 Å². The lowest BCUT2D eigenvalue weighted by Crippen LogP contribution is -2.24. The molecule has 2 aromatic rings. The van der Waals surface area contributed by atoms with Crippen LogP contribution in [0.15, 0.2) is 53.3 Å². The largest absolute Gasteiger partial charge is 0.349 e. The molecule has 5 nitrogen and oxygen atoms in total. The maximum absolute atomic E-state index is 14.3. The highest BCUT2D eigenvalue weighted by molar-refractivity contribution is 6.05. The molecule has 3 heterocycles. The van der Waals surface area contributed by atoms with Crippen molar-refractivity contribution in [1.82, 2.24) is 9.97 Å². The lowest BCUT2D eigenvalue weighted by atomic mass is 10.0. The minimum Gasteiger partial charge on any atom is -0.349 e. The van der Waals surface area contributed by atoms with E-state index >= 15 is 0 Å². The van der Waals surface area contributed by atoms with Crippen molar-refractivity contribution in [2.24, 2.45) is 10.9 Å². The predicted molar refractivity (Wildman–Crippen MR) is 104 cm³/mol. The molecule has 5 rings (SSSR count). The molecule has 1 atom stereocenters. The maximum Gasteiger partial charge on any atom is 0.137 e.